The highest BCUT2D eigenvalue weighted by atomic mass is 16.3. The fourth-order valence-corrected chi connectivity index (χ4v) is 2.02. The number of carbonyl (C=O) groups is 3. The molecule has 3 amide bonds. The van der Waals surface area contributed by atoms with Crippen molar-refractivity contribution in [2.24, 2.45) is 0 Å². The van der Waals surface area contributed by atoms with Crippen LogP contribution in [-0.4, -0.2) is 28.9 Å². The minimum absolute atomic E-state index is 0.0234. The van der Waals surface area contributed by atoms with Crippen LogP contribution in [0.4, 0.5) is 0 Å². The third-order valence-electron chi connectivity index (χ3n) is 3.43. The fraction of sp³-hybridized carbons (Fsp3) is 0.105. The zero-order valence-corrected chi connectivity index (χ0v) is 14.1. The maximum absolute atomic E-state index is 11.9. The predicted molar refractivity (Wildman–Crippen MR) is 96.8 cm³/mol. The van der Waals surface area contributed by atoms with Gasteiger partial charge in [-0.15, -0.1) is 0 Å². The molecule has 2 aromatic carbocycles. The van der Waals surface area contributed by atoms with E-state index < -0.39 is 23.8 Å². The molecular formula is C19H19N3O4. The Morgan fingerprint density at radius 2 is 1.62 bits per heavy atom. The normalized spacial score (nSPS) is 11.6. The summed E-state index contributed by atoms with van der Waals surface area (Å²) >= 11 is 0. The van der Waals surface area contributed by atoms with Gasteiger partial charge in [-0.25, -0.2) is 0 Å². The molecule has 0 aliphatic carbocycles. The van der Waals surface area contributed by atoms with E-state index in [1.807, 2.05) is 30.3 Å². The van der Waals surface area contributed by atoms with Gasteiger partial charge in [-0.1, -0.05) is 42.5 Å². The molecule has 0 aliphatic heterocycles. The van der Waals surface area contributed by atoms with Crippen molar-refractivity contribution < 1.29 is 19.5 Å². The number of carbonyl (C=O) groups excluding carboxylic acids is 3. The standard InChI is InChI=1S/C19H19N3O4/c1-13(20-17(24)12-11-14-7-3-2-4-8-14)18(25)21-22-19(26)15-9-5-6-10-16(15)23/h2-13,23H,1H3,(H,20,24)(H,21,25)(H,22,26)/b12-11+. The Kier molecular flexibility index (Phi) is 6.50. The van der Waals surface area contributed by atoms with E-state index in [0.717, 1.165) is 5.56 Å². The van der Waals surface area contributed by atoms with Crippen molar-refractivity contribution in [3.63, 3.8) is 0 Å². The predicted octanol–water partition coefficient (Wildman–Crippen LogP) is 1.37. The maximum Gasteiger partial charge on any atom is 0.273 e. The van der Waals surface area contributed by atoms with Crippen molar-refractivity contribution in [3.8, 4) is 5.75 Å². The molecule has 0 saturated heterocycles. The van der Waals surface area contributed by atoms with Gasteiger partial charge in [0.2, 0.25) is 5.91 Å². The van der Waals surface area contributed by atoms with E-state index in [-0.39, 0.29) is 11.3 Å². The second-order valence-corrected chi connectivity index (χ2v) is 5.43. The summed E-state index contributed by atoms with van der Waals surface area (Å²) in [4.78, 5) is 35.7. The number of hydrogen-bond acceptors (Lipinski definition) is 4. The van der Waals surface area contributed by atoms with Crippen molar-refractivity contribution in [2.75, 3.05) is 0 Å². The molecule has 0 aromatic heterocycles. The van der Waals surface area contributed by atoms with Gasteiger partial charge >= 0.3 is 0 Å². The summed E-state index contributed by atoms with van der Waals surface area (Å²) in [6.45, 7) is 1.48. The van der Waals surface area contributed by atoms with E-state index in [0.29, 0.717) is 0 Å². The number of aromatic hydroxyl groups is 1. The Morgan fingerprint density at radius 3 is 2.31 bits per heavy atom. The summed E-state index contributed by atoms with van der Waals surface area (Å²) in [6, 6.07) is 14.3. The lowest BCUT2D eigenvalue weighted by molar-refractivity contribution is -0.127. The molecule has 2 rings (SSSR count). The van der Waals surface area contributed by atoms with E-state index in [2.05, 4.69) is 16.2 Å². The van der Waals surface area contributed by atoms with Crippen LogP contribution in [0.25, 0.3) is 6.08 Å². The zero-order valence-electron chi connectivity index (χ0n) is 14.1. The summed E-state index contributed by atoms with van der Waals surface area (Å²) in [5.74, 6) is -1.91. The molecule has 0 aliphatic rings. The molecule has 7 nitrogen and oxygen atoms in total. The lowest BCUT2D eigenvalue weighted by Gasteiger charge is -2.14. The Labute approximate surface area is 150 Å². The number of benzene rings is 2. The molecule has 0 saturated carbocycles. The Balaban J connectivity index is 1.82. The zero-order chi connectivity index (χ0) is 18.9. The molecule has 0 bridgehead atoms. The van der Waals surface area contributed by atoms with Crippen LogP contribution < -0.4 is 16.2 Å². The van der Waals surface area contributed by atoms with E-state index >= 15 is 0 Å². The van der Waals surface area contributed by atoms with Gasteiger partial charge < -0.3 is 10.4 Å². The van der Waals surface area contributed by atoms with Crippen LogP contribution in [0.5, 0.6) is 5.75 Å². The fourth-order valence-electron chi connectivity index (χ4n) is 2.02. The highest BCUT2D eigenvalue weighted by Gasteiger charge is 2.16. The quantitative estimate of drug-likeness (QED) is 0.481. The van der Waals surface area contributed by atoms with Gasteiger partial charge in [-0.05, 0) is 30.7 Å². The minimum Gasteiger partial charge on any atom is -0.507 e. The maximum atomic E-state index is 11.9. The molecule has 134 valence electrons. The summed E-state index contributed by atoms with van der Waals surface area (Å²) in [7, 11) is 0. The molecule has 2 aromatic rings. The number of para-hydroxylation sites is 1. The topological polar surface area (TPSA) is 108 Å². The third kappa shape index (κ3) is 5.48. The van der Waals surface area contributed by atoms with Gasteiger partial charge in [0.15, 0.2) is 0 Å². The Morgan fingerprint density at radius 1 is 0.962 bits per heavy atom. The van der Waals surface area contributed by atoms with Gasteiger partial charge in [-0.3, -0.25) is 25.2 Å². The van der Waals surface area contributed by atoms with E-state index in [4.69, 9.17) is 0 Å². The molecule has 0 spiro atoms. The first-order valence-electron chi connectivity index (χ1n) is 7.89. The molecule has 7 heteroatoms. The largest absolute Gasteiger partial charge is 0.507 e. The Hall–Kier alpha value is -3.61. The van der Waals surface area contributed by atoms with E-state index in [1.54, 1.807) is 18.2 Å². The van der Waals surface area contributed by atoms with Crippen molar-refractivity contribution in [2.45, 2.75) is 13.0 Å². The summed E-state index contributed by atoms with van der Waals surface area (Å²) in [5.41, 5.74) is 5.26. The second kappa shape index (κ2) is 9.03. The highest BCUT2D eigenvalue weighted by Crippen LogP contribution is 2.14. The first kappa shape index (κ1) is 18.7. The third-order valence-corrected chi connectivity index (χ3v) is 3.43. The van der Waals surface area contributed by atoms with Crippen molar-refractivity contribution in [1.82, 2.24) is 16.2 Å². The monoisotopic (exact) mass is 353 g/mol. The molecule has 0 radical (unpaired) electrons. The van der Waals surface area contributed by atoms with Crippen LogP contribution in [-0.2, 0) is 9.59 Å². The van der Waals surface area contributed by atoms with Crippen molar-refractivity contribution in [3.05, 3.63) is 71.8 Å². The number of rotatable bonds is 5. The smallest absolute Gasteiger partial charge is 0.273 e. The second-order valence-electron chi connectivity index (χ2n) is 5.43. The molecule has 0 heterocycles. The Bertz CT molecular complexity index is 819. The van der Waals surface area contributed by atoms with E-state index in [1.165, 1.54) is 25.1 Å². The number of hydrogen-bond donors (Lipinski definition) is 4. The van der Waals surface area contributed by atoms with E-state index in [9.17, 15) is 19.5 Å². The van der Waals surface area contributed by atoms with Gasteiger partial charge in [-0.2, -0.15) is 0 Å². The van der Waals surface area contributed by atoms with Crippen LogP contribution >= 0.6 is 0 Å². The number of phenolic OH excluding ortho intramolecular Hbond substituents is 1. The van der Waals surface area contributed by atoms with Crippen LogP contribution in [0.3, 0.4) is 0 Å². The summed E-state index contributed by atoms with van der Waals surface area (Å²) in [5, 5.41) is 12.1. The molecule has 4 N–H and O–H groups in total. The molecule has 26 heavy (non-hydrogen) atoms. The summed E-state index contributed by atoms with van der Waals surface area (Å²) < 4.78 is 0. The lowest BCUT2D eigenvalue weighted by Crippen LogP contribution is -2.50. The van der Waals surface area contributed by atoms with Crippen LogP contribution in [0.1, 0.15) is 22.8 Å². The van der Waals surface area contributed by atoms with Crippen LogP contribution in [0.15, 0.2) is 60.7 Å². The average molecular weight is 353 g/mol. The number of amides is 3. The van der Waals surface area contributed by atoms with Crippen LogP contribution in [0, 0.1) is 0 Å². The average Bonchev–Trinajstić information content (AvgIpc) is 2.65. The van der Waals surface area contributed by atoms with Gasteiger partial charge in [0, 0.05) is 6.08 Å². The van der Waals surface area contributed by atoms with Gasteiger partial charge in [0.25, 0.3) is 11.8 Å². The van der Waals surface area contributed by atoms with Gasteiger partial charge in [0.1, 0.15) is 11.8 Å². The summed E-state index contributed by atoms with van der Waals surface area (Å²) in [6.07, 6.45) is 2.94. The molecule has 1 unspecified atom stereocenters. The lowest BCUT2D eigenvalue weighted by atomic mass is 10.2. The van der Waals surface area contributed by atoms with Crippen molar-refractivity contribution in [1.29, 1.82) is 0 Å². The first-order valence-corrected chi connectivity index (χ1v) is 7.89. The highest BCUT2D eigenvalue weighted by molar-refractivity contribution is 5.99. The molecular weight excluding hydrogens is 334 g/mol. The van der Waals surface area contributed by atoms with Crippen LogP contribution in [0.2, 0.25) is 0 Å². The SMILES string of the molecule is CC(NC(=O)/C=C/c1ccccc1)C(=O)NNC(=O)c1ccccc1O. The number of nitrogens with one attached hydrogen (secondary N) is 3. The van der Waals surface area contributed by atoms with Gasteiger partial charge in [0.05, 0.1) is 5.56 Å². The van der Waals surface area contributed by atoms with Crippen molar-refractivity contribution >= 4 is 23.8 Å². The minimum atomic E-state index is -0.868. The first-order chi connectivity index (χ1) is 12.5. The number of hydrazine groups is 1. The number of phenols is 1. The molecule has 1 atom stereocenters. The molecule has 0 fully saturated rings.